The second kappa shape index (κ2) is 17.3. The summed E-state index contributed by atoms with van der Waals surface area (Å²) in [7, 11) is 0. The van der Waals surface area contributed by atoms with E-state index < -0.39 is 12.1 Å². The average molecular weight is 354 g/mol. The zero-order valence-electron chi connectivity index (χ0n) is 15.6. The summed E-state index contributed by atoms with van der Waals surface area (Å²) in [6, 6.07) is -0.931. The van der Waals surface area contributed by atoms with Crippen LogP contribution in [0.4, 0.5) is 0 Å². The summed E-state index contributed by atoms with van der Waals surface area (Å²) in [4.78, 5) is 21.0. The molecule has 0 aromatic carbocycles. The molecule has 0 amide bonds. The Bertz CT molecular complexity index is 393. The number of hydrogen-bond acceptors (Lipinski definition) is 4. The lowest BCUT2D eigenvalue weighted by Gasteiger charge is -2.14. The Labute approximate surface area is 152 Å². The number of unbranched alkanes of at least 4 members (excludes halogenated alkanes) is 7. The lowest BCUT2D eigenvalue weighted by molar-refractivity contribution is -0.533. The molecule has 0 aromatic rings. The maximum Gasteiger partial charge on any atom is 0.241 e. The second-order valence-corrected chi connectivity index (χ2v) is 6.49. The summed E-state index contributed by atoms with van der Waals surface area (Å²) in [5, 5.41) is 21.2. The maximum atomic E-state index is 11.1. The van der Waals surface area contributed by atoms with E-state index in [1.807, 2.05) is 6.08 Å². The first-order valence-corrected chi connectivity index (χ1v) is 9.68. The Morgan fingerprint density at radius 1 is 0.960 bits per heavy atom. The van der Waals surface area contributed by atoms with Gasteiger partial charge < -0.3 is 9.90 Å². The van der Waals surface area contributed by atoms with Crippen molar-refractivity contribution < 1.29 is 14.8 Å². The van der Waals surface area contributed by atoms with Gasteiger partial charge in [-0.05, 0) is 32.1 Å². The third-order valence-electron chi connectivity index (χ3n) is 4.24. The molecule has 0 aromatic heterocycles. The Kier molecular flexibility index (Phi) is 16.3. The molecule has 0 saturated heterocycles. The molecule has 0 saturated carbocycles. The van der Waals surface area contributed by atoms with E-state index in [1.165, 1.54) is 19.3 Å². The Hall–Kier alpha value is -1.49. The van der Waals surface area contributed by atoms with Gasteiger partial charge in [0.25, 0.3) is 0 Å². The van der Waals surface area contributed by atoms with Crippen LogP contribution in [-0.4, -0.2) is 28.5 Å². The first-order valence-electron chi connectivity index (χ1n) is 9.68. The van der Waals surface area contributed by atoms with E-state index in [1.54, 1.807) is 6.08 Å². The minimum absolute atomic E-state index is 0.267. The van der Waals surface area contributed by atoms with Crippen molar-refractivity contribution in [3.63, 3.8) is 0 Å². The van der Waals surface area contributed by atoms with Crippen LogP contribution in [0.3, 0.4) is 0 Å². The zero-order valence-corrected chi connectivity index (χ0v) is 15.6. The predicted molar refractivity (Wildman–Crippen MR) is 102 cm³/mol. The lowest BCUT2D eigenvalue weighted by Crippen LogP contribution is -2.33. The van der Waals surface area contributed by atoms with Crippen molar-refractivity contribution in [2.24, 2.45) is 0 Å². The van der Waals surface area contributed by atoms with Gasteiger partial charge in [-0.25, -0.2) is 0 Å². The molecule has 0 heterocycles. The largest absolute Gasteiger partial charge is 0.386 e. The Morgan fingerprint density at radius 2 is 1.64 bits per heavy atom. The molecule has 25 heavy (non-hydrogen) atoms. The number of carbonyl (C=O) groups is 1. The van der Waals surface area contributed by atoms with Crippen LogP contribution in [0.25, 0.3) is 0 Å². The third-order valence-corrected chi connectivity index (χ3v) is 4.24. The summed E-state index contributed by atoms with van der Waals surface area (Å²) in [6.45, 7) is 2.18. The molecule has 5 nitrogen and oxygen atoms in total. The van der Waals surface area contributed by atoms with Crippen molar-refractivity contribution in [3.05, 3.63) is 34.4 Å². The minimum Gasteiger partial charge on any atom is -0.386 e. The van der Waals surface area contributed by atoms with Gasteiger partial charge in [0.1, 0.15) is 12.4 Å². The quantitative estimate of drug-likeness (QED) is 0.131. The molecule has 0 spiro atoms. The van der Waals surface area contributed by atoms with Gasteiger partial charge in [0.2, 0.25) is 6.04 Å². The van der Waals surface area contributed by atoms with Gasteiger partial charge in [-0.15, -0.1) is 0 Å². The Morgan fingerprint density at radius 3 is 2.32 bits per heavy atom. The van der Waals surface area contributed by atoms with Crippen LogP contribution in [0.2, 0.25) is 0 Å². The van der Waals surface area contributed by atoms with Gasteiger partial charge in [-0.2, -0.15) is 0 Å². The van der Waals surface area contributed by atoms with Gasteiger partial charge in [-0.1, -0.05) is 63.3 Å². The molecule has 0 radical (unpaired) electrons. The van der Waals surface area contributed by atoms with Crippen LogP contribution in [0.1, 0.15) is 84.0 Å². The number of aliphatic hydroxyl groups excluding tert-OH is 1. The van der Waals surface area contributed by atoms with Crippen molar-refractivity contribution in [1.82, 2.24) is 0 Å². The highest BCUT2D eigenvalue weighted by atomic mass is 16.6. The van der Waals surface area contributed by atoms with Gasteiger partial charge in [0, 0.05) is 17.8 Å². The predicted octanol–water partition coefficient (Wildman–Crippen LogP) is 5.01. The van der Waals surface area contributed by atoms with E-state index >= 15 is 0 Å². The summed E-state index contributed by atoms with van der Waals surface area (Å²) in [5.41, 5.74) is 0. The highest BCUT2D eigenvalue weighted by molar-refractivity contribution is 5.48. The van der Waals surface area contributed by atoms with E-state index in [0.29, 0.717) is 12.8 Å². The molecule has 0 rings (SSSR count). The van der Waals surface area contributed by atoms with E-state index in [2.05, 4.69) is 19.1 Å². The minimum atomic E-state index is -0.931. The van der Waals surface area contributed by atoms with Crippen LogP contribution in [0.5, 0.6) is 0 Å². The molecule has 1 N–H and O–H groups in total. The maximum absolute atomic E-state index is 11.1. The van der Waals surface area contributed by atoms with Crippen LogP contribution in [0.15, 0.2) is 24.3 Å². The number of carbonyl (C=O) groups excluding carboxylic acids is 1. The first-order chi connectivity index (χ1) is 12.1. The summed E-state index contributed by atoms with van der Waals surface area (Å²) < 4.78 is 0. The van der Waals surface area contributed by atoms with E-state index in [0.717, 1.165) is 44.8 Å². The molecule has 0 aliphatic carbocycles. The molecule has 5 heteroatoms. The fraction of sp³-hybridized carbons (Fsp3) is 0.750. The smallest absolute Gasteiger partial charge is 0.241 e. The number of aldehydes is 1. The zero-order chi connectivity index (χ0) is 18.8. The molecule has 2 atom stereocenters. The van der Waals surface area contributed by atoms with Gasteiger partial charge in [0.15, 0.2) is 0 Å². The molecule has 0 aliphatic heterocycles. The van der Waals surface area contributed by atoms with Crippen molar-refractivity contribution in [1.29, 1.82) is 0 Å². The third kappa shape index (κ3) is 14.6. The second-order valence-electron chi connectivity index (χ2n) is 6.49. The van der Waals surface area contributed by atoms with Crippen LogP contribution >= 0.6 is 0 Å². The van der Waals surface area contributed by atoms with Crippen molar-refractivity contribution in [3.8, 4) is 0 Å². The standard InChI is InChI=1S/C20H35NO4/c1-2-3-4-5-6-7-8-10-13-16-19(21(24)25)20(23)17-14-11-9-12-15-18-22/h6-7,10,13,18-20,23H,2-5,8-9,11-12,14-17H2,1H3/b7-6-,13-10-. The lowest BCUT2D eigenvalue weighted by atomic mass is 10.0. The number of allylic oxidation sites excluding steroid dienone is 3. The van der Waals surface area contributed by atoms with E-state index in [-0.39, 0.29) is 11.3 Å². The molecule has 0 bridgehead atoms. The fourth-order valence-corrected chi connectivity index (χ4v) is 2.65. The van der Waals surface area contributed by atoms with Gasteiger partial charge in [0.05, 0.1) is 0 Å². The number of rotatable bonds is 17. The average Bonchev–Trinajstić information content (AvgIpc) is 2.59. The Balaban J connectivity index is 3.96. The summed E-state index contributed by atoms with van der Waals surface area (Å²) in [6.07, 6.45) is 18.2. The number of hydrogen-bond donors (Lipinski definition) is 1. The van der Waals surface area contributed by atoms with Crippen molar-refractivity contribution in [2.45, 2.75) is 96.1 Å². The molecule has 0 aliphatic rings. The molecular weight excluding hydrogens is 318 g/mol. The number of aliphatic hydroxyl groups is 1. The topological polar surface area (TPSA) is 80.4 Å². The number of nitro groups is 1. The molecule has 2 unspecified atom stereocenters. The first kappa shape index (κ1) is 23.5. The molecular formula is C20H35NO4. The summed E-state index contributed by atoms with van der Waals surface area (Å²) in [5.74, 6) is 0. The van der Waals surface area contributed by atoms with Crippen LogP contribution < -0.4 is 0 Å². The fourth-order valence-electron chi connectivity index (χ4n) is 2.65. The van der Waals surface area contributed by atoms with Crippen molar-refractivity contribution >= 4 is 6.29 Å². The van der Waals surface area contributed by atoms with Crippen molar-refractivity contribution in [2.75, 3.05) is 0 Å². The monoisotopic (exact) mass is 353 g/mol. The highest BCUT2D eigenvalue weighted by Crippen LogP contribution is 2.14. The van der Waals surface area contributed by atoms with Gasteiger partial charge >= 0.3 is 0 Å². The van der Waals surface area contributed by atoms with Crippen LogP contribution in [-0.2, 0) is 4.79 Å². The van der Waals surface area contributed by atoms with E-state index in [9.17, 15) is 20.0 Å². The van der Waals surface area contributed by atoms with E-state index in [4.69, 9.17) is 0 Å². The van der Waals surface area contributed by atoms with Gasteiger partial charge in [-0.3, -0.25) is 10.1 Å². The SMILES string of the molecule is CCCCC/C=C\C/C=C\CC(C(O)CCCCCCC=O)[N+](=O)[O-]. The summed E-state index contributed by atoms with van der Waals surface area (Å²) >= 11 is 0. The molecule has 0 fully saturated rings. The highest BCUT2D eigenvalue weighted by Gasteiger charge is 2.27. The number of nitrogens with zero attached hydrogens (tertiary/aromatic N) is 1. The normalized spacial score (nSPS) is 14.2. The van der Waals surface area contributed by atoms with Crippen LogP contribution in [0, 0.1) is 10.1 Å². The molecule has 144 valence electrons.